The van der Waals surface area contributed by atoms with Gasteiger partial charge in [0, 0.05) is 18.0 Å². The molecule has 1 aromatic rings. The smallest absolute Gasteiger partial charge is 0.140 e. The molecule has 0 N–H and O–H groups in total. The van der Waals surface area contributed by atoms with Crippen LogP contribution in [0.15, 0.2) is 12.4 Å². The molecule has 0 fully saturated rings. The molecule has 0 aromatic carbocycles. The molecule has 19 heavy (non-hydrogen) atoms. The Morgan fingerprint density at radius 3 is 2.42 bits per heavy atom. The van der Waals surface area contributed by atoms with E-state index >= 15 is 0 Å². The first-order valence-corrected chi connectivity index (χ1v) is 6.53. The molecule has 108 valence electrons. The minimum absolute atomic E-state index is 0.222. The topological polar surface area (TPSA) is 66.2 Å². The Hall–Kier alpha value is -1.27. The predicted octanol–water partition coefficient (Wildman–Crippen LogP) is 1.32. The maximum Gasteiger partial charge on any atom is 0.140 e. The Morgan fingerprint density at radius 1 is 1.16 bits per heavy atom. The molecule has 0 spiro atoms. The zero-order valence-electron chi connectivity index (χ0n) is 12.0. The van der Waals surface area contributed by atoms with Gasteiger partial charge in [-0.2, -0.15) is 0 Å². The van der Waals surface area contributed by atoms with E-state index in [-0.39, 0.29) is 11.2 Å². The van der Waals surface area contributed by atoms with E-state index in [0.29, 0.717) is 39.4 Å². The normalized spacial score (nSPS) is 11.7. The van der Waals surface area contributed by atoms with Crippen LogP contribution in [0.3, 0.4) is 0 Å². The van der Waals surface area contributed by atoms with Crippen molar-refractivity contribution in [1.82, 2.24) is 15.0 Å². The summed E-state index contributed by atoms with van der Waals surface area (Å²) in [5, 5.41) is 7.52. The molecular formula is C13H23N3O3. The Balaban J connectivity index is 1.90. The Kier molecular flexibility index (Phi) is 6.66. The van der Waals surface area contributed by atoms with Crippen LogP contribution in [0.4, 0.5) is 0 Å². The van der Waals surface area contributed by atoms with Gasteiger partial charge in [-0.1, -0.05) is 26.0 Å². The Bertz CT molecular complexity index is 358. The second-order valence-corrected chi connectivity index (χ2v) is 5.31. The highest BCUT2D eigenvalue weighted by atomic mass is 16.5. The molecule has 6 heteroatoms. The number of carbonyl (C=O) groups excluding carboxylic acids is 1. The molecule has 1 rings (SSSR count). The highest BCUT2D eigenvalue weighted by Crippen LogP contribution is 2.16. The first-order chi connectivity index (χ1) is 9.00. The second-order valence-electron chi connectivity index (χ2n) is 5.31. The van der Waals surface area contributed by atoms with Crippen LogP contribution in [0, 0.1) is 5.41 Å². The van der Waals surface area contributed by atoms with Crippen LogP contribution in [0.1, 0.15) is 27.2 Å². The maximum absolute atomic E-state index is 11.6. The van der Waals surface area contributed by atoms with Crippen LogP contribution >= 0.6 is 0 Å². The fourth-order valence-corrected chi connectivity index (χ4v) is 1.37. The van der Waals surface area contributed by atoms with Gasteiger partial charge in [-0.05, 0) is 0 Å². The van der Waals surface area contributed by atoms with Crippen molar-refractivity contribution >= 4 is 5.78 Å². The second kappa shape index (κ2) is 8.01. The van der Waals surface area contributed by atoms with E-state index in [4.69, 9.17) is 9.47 Å². The summed E-state index contributed by atoms with van der Waals surface area (Å²) < 4.78 is 12.5. The summed E-state index contributed by atoms with van der Waals surface area (Å²) in [6.45, 7) is 8.51. The maximum atomic E-state index is 11.6. The standard InChI is InChI=1S/C13H23N3O3/c1-13(2,3)12(17)4-8-18-10-11-19-9-7-16-6-5-14-15-16/h5-6H,4,7-11H2,1-3H3. The van der Waals surface area contributed by atoms with Crippen molar-refractivity contribution < 1.29 is 14.3 Å². The summed E-state index contributed by atoms with van der Waals surface area (Å²) in [4.78, 5) is 11.6. The van der Waals surface area contributed by atoms with Gasteiger partial charge < -0.3 is 9.47 Å². The number of aromatic nitrogens is 3. The number of hydrogen-bond acceptors (Lipinski definition) is 5. The van der Waals surface area contributed by atoms with Crippen molar-refractivity contribution in [2.24, 2.45) is 5.41 Å². The molecule has 0 aliphatic heterocycles. The van der Waals surface area contributed by atoms with E-state index in [2.05, 4.69) is 10.3 Å². The third kappa shape index (κ3) is 7.03. The highest BCUT2D eigenvalue weighted by Gasteiger charge is 2.20. The summed E-state index contributed by atoms with van der Waals surface area (Å²) >= 11 is 0. The number of nitrogens with zero attached hydrogens (tertiary/aromatic N) is 3. The number of hydrogen-bond donors (Lipinski definition) is 0. The van der Waals surface area contributed by atoms with Crippen LogP contribution in [0.25, 0.3) is 0 Å². The molecule has 0 aliphatic carbocycles. The van der Waals surface area contributed by atoms with Gasteiger partial charge in [0.05, 0.1) is 39.2 Å². The molecule has 0 atom stereocenters. The Morgan fingerprint density at radius 2 is 1.84 bits per heavy atom. The van der Waals surface area contributed by atoms with E-state index in [9.17, 15) is 4.79 Å². The summed E-state index contributed by atoms with van der Waals surface area (Å²) in [5.74, 6) is 0.222. The van der Waals surface area contributed by atoms with E-state index in [1.54, 1.807) is 17.1 Å². The predicted molar refractivity (Wildman–Crippen MR) is 70.7 cm³/mol. The van der Waals surface area contributed by atoms with Crippen LogP contribution in [-0.4, -0.2) is 47.2 Å². The lowest BCUT2D eigenvalue weighted by Crippen LogP contribution is -2.21. The van der Waals surface area contributed by atoms with Gasteiger partial charge in [-0.3, -0.25) is 9.48 Å². The number of ketones is 1. The van der Waals surface area contributed by atoms with Crippen molar-refractivity contribution in [2.45, 2.75) is 33.7 Å². The average molecular weight is 269 g/mol. The van der Waals surface area contributed by atoms with Crippen molar-refractivity contribution in [3.8, 4) is 0 Å². The molecule has 0 saturated carbocycles. The molecule has 0 radical (unpaired) electrons. The lowest BCUT2D eigenvalue weighted by Gasteiger charge is -2.16. The first kappa shape index (κ1) is 15.8. The average Bonchev–Trinajstić information content (AvgIpc) is 2.84. The number of Topliss-reactive ketones (excluding diaryl/α,β-unsaturated/α-hetero) is 1. The SMILES string of the molecule is CC(C)(C)C(=O)CCOCCOCCn1ccnn1. The quantitative estimate of drug-likeness (QED) is 0.632. The fraction of sp³-hybridized carbons (Fsp3) is 0.769. The molecule has 0 bridgehead atoms. The monoisotopic (exact) mass is 269 g/mol. The summed E-state index contributed by atoms with van der Waals surface area (Å²) in [6.07, 6.45) is 3.88. The minimum Gasteiger partial charge on any atom is -0.379 e. The Labute approximate surface area is 114 Å². The van der Waals surface area contributed by atoms with Gasteiger partial charge >= 0.3 is 0 Å². The number of ether oxygens (including phenoxy) is 2. The van der Waals surface area contributed by atoms with Crippen molar-refractivity contribution in [2.75, 3.05) is 26.4 Å². The van der Waals surface area contributed by atoms with Crippen LogP contribution in [-0.2, 0) is 20.8 Å². The molecule has 0 saturated heterocycles. The fourth-order valence-electron chi connectivity index (χ4n) is 1.37. The molecular weight excluding hydrogens is 246 g/mol. The highest BCUT2D eigenvalue weighted by molar-refractivity contribution is 5.83. The molecule has 0 aliphatic rings. The van der Waals surface area contributed by atoms with Crippen molar-refractivity contribution in [3.63, 3.8) is 0 Å². The van der Waals surface area contributed by atoms with Crippen LogP contribution < -0.4 is 0 Å². The third-order valence-electron chi connectivity index (χ3n) is 2.62. The third-order valence-corrected chi connectivity index (χ3v) is 2.62. The van der Waals surface area contributed by atoms with Crippen molar-refractivity contribution in [3.05, 3.63) is 12.4 Å². The molecule has 1 aromatic heterocycles. The van der Waals surface area contributed by atoms with Gasteiger partial charge in [-0.15, -0.1) is 5.10 Å². The molecule has 0 unspecified atom stereocenters. The van der Waals surface area contributed by atoms with E-state index < -0.39 is 0 Å². The summed E-state index contributed by atoms with van der Waals surface area (Å²) in [6, 6.07) is 0. The first-order valence-electron chi connectivity index (χ1n) is 6.53. The summed E-state index contributed by atoms with van der Waals surface area (Å²) in [5.41, 5.74) is -0.280. The lowest BCUT2D eigenvalue weighted by molar-refractivity contribution is -0.127. The number of rotatable bonds is 9. The molecule has 0 amide bonds. The van der Waals surface area contributed by atoms with Gasteiger partial charge in [0.15, 0.2) is 0 Å². The van der Waals surface area contributed by atoms with Crippen molar-refractivity contribution in [1.29, 1.82) is 0 Å². The van der Waals surface area contributed by atoms with E-state index in [0.717, 1.165) is 0 Å². The zero-order chi connectivity index (χ0) is 14.1. The van der Waals surface area contributed by atoms with Gasteiger partial charge in [0.2, 0.25) is 0 Å². The van der Waals surface area contributed by atoms with Crippen LogP contribution in [0.2, 0.25) is 0 Å². The summed E-state index contributed by atoms with van der Waals surface area (Å²) in [7, 11) is 0. The van der Waals surface area contributed by atoms with Gasteiger partial charge in [0.1, 0.15) is 5.78 Å². The molecule has 6 nitrogen and oxygen atoms in total. The number of carbonyl (C=O) groups is 1. The van der Waals surface area contributed by atoms with E-state index in [1.165, 1.54) is 0 Å². The molecule has 1 heterocycles. The van der Waals surface area contributed by atoms with Crippen LogP contribution in [0.5, 0.6) is 0 Å². The van der Waals surface area contributed by atoms with Gasteiger partial charge in [0.25, 0.3) is 0 Å². The van der Waals surface area contributed by atoms with E-state index in [1.807, 2.05) is 20.8 Å². The largest absolute Gasteiger partial charge is 0.379 e. The van der Waals surface area contributed by atoms with Gasteiger partial charge in [-0.25, -0.2) is 0 Å². The zero-order valence-corrected chi connectivity index (χ0v) is 12.0. The lowest BCUT2D eigenvalue weighted by atomic mass is 9.89. The minimum atomic E-state index is -0.280.